The number of carboxylic acids is 1. The van der Waals surface area contributed by atoms with Gasteiger partial charge in [-0.1, -0.05) is 29.3 Å². The largest absolute Gasteiger partial charge is 0.478 e. The van der Waals surface area contributed by atoms with Crippen molar-refractivity contribution < 1.29 is 9.90 Å². The minimum atomic E-state index is -0.988. The third-order valence-corrected chi connectivity index (χ3v) is 3.73. The van der Waals surface area contributed by atoms with E-state index in [9.17, 15) is 4.79 Å². The Hall–Kier alpha value is -1.51. The zero-order chi connectivity index (χ0) is 14.2. The van der Waals surface area contributed by atoms with Gasteiger partial charge in [0.05, 0.1) is 5.56 Å². The van der Waals surface area contributed by atoms with Gasteiger partial charge < -0.3 is 5.11 Å². The highest BCUT2D eigenvalue weighted by atomic mass is 35.5. The molecule has 0 saturated heterocycles. The standard InChI is InChI=1S/C15H12Cl2O2/c1-8-6-13(16)9(2)5-12(8)11-4-3-10(15(18)19)7-14(11)17/h3-7H,1-2H3,(H,18,19). The fourth-order valence-electron chi connectivity index (χ4n) is 1.94. The molecule has 4 heteroatoms. The molecule has 0 aliphatic carbocycles. The summed E-state index contributed by atoms with van der Waals surface area (Å²) in [5.41, 5.74) is 3.91. The number of hydrogen-bond donors (Lipinski definition) is 1. The maximum Gasteiger partial charge on any atom is 0.335 e. The molecule has 0 spiro atoms. The van der Waals surface area contributed by atoms with Crippen molar-refractivity contribution >= 4 is 29.2 Å². The molecule has 0 aromatic heterocycles. The molecule has 0 amide bonds. The monoisotopic (exact) mass is 294 g/mol. The van der Waals surface area contributed by atoms with E-state index < -0.39 is 5.97 Å². The van der Waals surface area contributed by atoms with Gasteiger partial charge in [0.1, 0.15) is 0 Å². The van der Waals surface area contributed by atoms with Crippen LogP contribution in [0.5, 0.6) is 0 Å². The summed E-state index contributed by atoms with van der Waals surface area (Å²) in [5, 5.41) is 10.1. The number of carbonyl (C=O) groups is 1. The Kier molecular flexibility index (Phi) is 3.83. The van der Waals surface area contributed by atoms with Gasteiger partial charge in [0, 0.05) is 15.6 Å². The third kappa shape index (κ3) is 2.75. The van der Waals surface area contributed by atoms with Gasteiger partial charge in [0.2, 0.25) is 0 Å². The van der Waals surface area contributed by atoms with Gasteiger partial charge in [-0.3, -0.25) is 0 Å². The highest BCUT2D eigenvalue weighted by Gasteiger charge is 2.11. The van der Waals surface area contributed by atoms with Crippen LogP contribution < -0.4 is 0 Å². The van der Waals surface area contributed by atoms with Crippen LogP contribution in [0.2, 0.25) is 10.0 Å². The average molecular weight is 295 g/mol. The number of aryl methyl sites for hydroxylation is 2. The van der Waals surface area contributed by atoms with E-state index in [0.29, 0.717) is 10.0 Å². The third-order valence-electron chi connectivity index (χ3n) is 3.01. The molecule has 0 aliphatic rings. The lowest BCUT2D eigenvalue weighted by Crippen LogP contribution is -1.96. The first kappa shape index (κ1) is 13.9. The Morgan fingerprint density at radius 2 is 1.63 bits per heavy atom. The Morgan fingerprint density at radius 1 is 0.947 bits per heavy atom. The number of halogens is 2. The molecule has 0 atom stereocenters. The van der Waals surface area contributed by atoms with Crippen LogP contribution in [-0.2, 0) is 0 Å². The predicted molar refractivity (Wildman–Crippen MR) is 78.3 cm³/mol. The lowest BCUT2D eigenvalue weighted by Gasteiger charge is -2.11. The second-order valence-corrected chi connectivity index (χ2v) is 5.23. The summed E-state index contributed by atoms with van der Waals surface area (Å²) in [7, 11) is 0. The summed E-state index contributed by atoms with van der Waals surface area (Å²) < 4.78 is 0. The molecule has 2 rings (SSSR count). The predicted octanol–water partition coefficient (Wildman–Crippen LogP) is 4.98. The number of carboxylic acid groups (broad SMARTS) is 1. The zero-order valence-electron chi connectivity index (χ0n) is 10.5. The van der Waals surface area contributed by atoms with Crippen LogP contribution in [0.4, 0.5) is 0 Å². The second kappa shape index (κ2) is 5.24. The van der Waals surface area contributed by atoms with E-state index in [4.69, 9.17) is 28.3 Å². The highest BCUT2D eigenvalue weighted by Crippen LogP contribution is 2.33. The topological polar surface area (TPSA) is 37.3 Å². The van der Waals surface area contributed by atoms with E-state index >= 15 is 0 Å². The quantitative estimate of drug-likeness (QED) is 0.848. The van der Waals surface area contributed by atoms with Crippen molar-refractivity contribution in [2.45, 2.75) is 13.8 Å². The Bertz CT molecular complexity index is 663. The second-order valence-electron chi connectivity index (χ2n) is 4.42. The first-order valence-corrected chi connectivity index (χ1v) is 6.45. The van der Waals surface area contributed by atoms with Crippen molar-refractivity contribution in [3.63, 3.8) is 0 Å². The normalized spacial score (nSPS) is 10.5. The van der Waals surface area contributed by atoms with E-state index in [0.717, 1.165) is 22.3 Å². The van der Waals surface area contributed by atoms with E-state index in [-0.39, 0.29) is 5.56 Å². The molecule has 0 saturated carbocycles. The summed E-state index contributed by atoms with van der Waals surface area (Å²) >= 11 is 12.2. The molecule has 98 valence electrons. The SMILES string of the molecule is Cc1cc(-c2ccc(C(=O)O)cc2Cl)c(C)cc1Cl. The molecule has 2 aromatic rings. The van der Waals surface area contributed by atoms with Crippen molar-refractivity contribution in [2.24, 2.45) is 0 Å². The van der Waals surface area contributed by atoms with Crippen LogP contribution in [0.15, 0.2) is 30.3 Å². The van der Waals surface area contributed by atoms with Crippen molar-refractivity contribution in [1.82, 2.24) is 0 Å². The highest BCUT2D eigenvalue weighted by molar-refractivity contribution is 6.34. The van der Waals surface area contributed by atoms with Crippen LogP contribution in [0, 0.1) is 13.8 Å². The lowest BCUT2D eigenvalue weighted by atomic mass is 9.97. The molecule has 0 bridgehead atoms. The molecule has 0 radical (unpaired) electrons. The van der Waals surface area contributed by atoms with Crippen molar-refractivity contribution in [2.75, 3.05) is 0 Å². The summed E-state index contributed by atoms with van der Waals surface area (Å²) in [4.78, 5) is 10.9. The van der Waals surface area contributed by atoms with Crippen molar-refractivity contribution in [3.8, 4) is 11.1 Å². The molecule has 1 N–H and O–H groups in total. The van der Waals surface area contributed by atoms with E-state index in [1.165, 1.54) is 6.07 Å². The summed E-state index contributed by atoms with van der Waals surface area (Å²) in [5.74, 6) is -0.988. The van der Waals surface area contributed by atoms with Crippen LogP contribution in [0.25, 0.3) is 11.1 Å². The average Bonchev–Trinajstić information content (AvgIpc) is 2.34. The van der Waals surface area contributed by atoms with E-state index in [1.807, 2.05) is 26.0 Å². The Balaban J connectivity index is 2.59. The molecule has 0 fully saturated rings. The fraction of sp³-hybridized carbons (Fsp3) is 0.133. The maximum atomic E-state index is 10.9. The van der Waals surface area contributed by atoms with Crippen molar-refractivity contribution in [3.05, 3.63) is 57.1 Å². The molecule has 19 heavy (non-hydrogen) atoms. The minimum absolute atomic E-state index is 0.178. The molecule has 2 nitrogen and oxygen atoms in total. The number of benzene rings is 2. The minimum Gasteiger partial charge on any atom is -0.478 e. The molecule has 2 aromatic carbocycles. The first-order valence-electron chi connectivity index (χ1n) is 5.70. The van der Waals surface area contributed by atoms with Gasteiger partial charge in [0.25, 0.3) is 0 Å². The van der Waals surface area contributed by atoms with Gasteiger partial charge in [-0.25, -0.2) is 4.79 Å². The van der Waals surface area contributed by atoms with Crippen LogP contribution in [0.1, 0.15) is 21.5 Å². The summed E-state index contributed by atoms with van der Waals surface area (Å²) in [6, 6.07) is 8.57. The van der Waals surface area contributed by atoms with Crippen LogP contribution >= 0.6 is 23.2 Å². The van der Waals surface area contributed by atoms with Gasteiger partial charge in [-0.05, 0) is 54.8 Å². The van der Waals surface area contributed by atoms with Crippen LogP contribution in [0.3, 0.4) is 0 Å². The first-order chi connectivity index (χ1) is 8.90. The smallest absolute Gasteiger partial charge is 0.335 e. The van der Waals surface area contributed by atoms with E-state index in [2.05, 4.69) is 0 Å². The molecular weight excluding hydrogens is 283 g/mol. The Labute approximate surface area is 121 Å². The summed E-state index contributed by atoms with van der Waals surface area (Å²) in [6.45, 7) is 3.87. The van der Waals surface area contributed by atoms with Gasteiger partial charge in [-0.2, -0.15) is 0 Å². The summed E-state index contributed by atoms with van der Waals surface area (Å²) in [6.07, 6.45) is 0. The van der Waals surface area contributed by atoms with Gasteiger partial charge in [0.15, 0.2) is 0 Å². The van der Waals surface area contributed by atoms with Crippen LogP contribution in [-0.4, -0.2) is 11.1 Å². The molecular formula is C15H12Cl2O2. The molecule has 0 aliphatic heterocycles. The fourth-order valence-corrected chi connectivity index (χ4v) is 2.44. The van der Waals surface area contributed by atoms with E-state index in [1.54, 1.807) is 12.1 Å². The maximum absolute atomic E-state index is 10.9. The molecule has 0 unspecified atom stereocenters. The zero-order valence-corrected chi connectivity index (χ0v) is 12.0. The lowest BCUT2D eigenvalue weighted by molar-refractivity contribution is 0.0697. The number of aromatic carboxylic acids is 1. The van der Waals surface area contributed by atoms with Gasteiger partial charge in [-0.15, -0.1) is 0 Å². The van der Waals surface area contributed by atoms with Gasteiger partial charge >= 0.3 is 5.97 Å². The Morgan fingerprint density at radius 3 is 2.21 bits per heavy atom. The molecule has 0 heterocycles. The number of hydrogen-bond acceptors (Lipinski definition) is 1. The number of rotatable bonds is 2. The van der Waals surface area contributed by atoms with Crippen molar-refractivity contribution in [1.29, 1.82) is 0 Å².